The Bertz CT molecular complexity index is 1790. The number of thiophene rings is 1. The van der Waals surface area contributed by atoms with Crippen LogP contribution in [0, 0.1) is 0 Å². The molecule has 0 spiro atoms. The maximum Gasteiger partial charge on any atom is 0.0541 e. The van der Waals surface area contributed by atoms with E-state index in [-0.39, 0.29) is 0 Å². The molecule has 0 aliphatic carbocycles. The van der Waals surface area contributed by atoms with Gasteiger partial charge in [0.2, 0.25) is 0 Å². The molecule has 5 aromatic carbocycles. The lowest BCUT2D eigenvalue weighted by molar-refractivity contribution is 1.18. The third-order valence-electron chi connectivity index (χ3n) is 6.44. The van der Waals surface area contributed by atoms with E-state index in [0.717, 1.165) is 10.2 Å². The van der Waals surface area contributed by atoms with Crippen LogP contribution in [0.15, 0.2) is 114 Å². The summed E-state index contributed by atoms with van der Waals surface area (Å²) < 4.78 is 6.13. The molecule has 0 atom stereocenters. The summed E-state index contributed by atoms with van der Waals surface area (Å²) >= 11 is 5.69. The third-order valence-corrected chi connectivity index (χ3v) is 8.11. The average molecular weight is 504 g/mol. The number of benzene rings is 5. The zero-order valence-corrected chi connectivity index (χ0v) is 20.0. The van der Waals surface area contributed by atoms with Gasteiger partial charge in [0.05, 0.1) is 11.0 Å². The van der Waals surface area contributed by atoms with Crippen LogP contribution in [0.1, 0.15) is 0 Å². The molecule has 0 aliphatic rings. The molecule has 0 fully saturated rings. The Morgan fingerprint density at radius 1 is 0.576 bits per heavy atom. The molecule has 0 aliphatic heterocycles. The summed E-state index contributed by atoms with van der Waals surface area (Å²) in [5.41, 5.74) is 6.11. The van der Waals surface area contributed by atoms with Crippen LogP contribution in [-0.2, 0) is 0 Å². The van der Waals surface area contributed by atoms with E-state index in [4.69, 9.17) is 0 Å². The van der Waals surface area contributed by atoms with Crippen molar-refractivity contribution in [3.05, 3.63) is 114 Å². The fourth-order valence-electron chi connectivity index (χ4n) is 5.03. The van der Waals surface area contributed by atoms with Crippen molar-refractivity contribution in [1.82, 2.24) is 4.57 Å². The molecule has 0 saturated heterocycles. The number of halogens is 1. The van der Waals surface area contributed by atoms with Crippen LogP contribution in [-0.4, -0.2) is 4.57 Å². The van der Waals surface area contributed by atoms with Gasteiger partial charge in [-0.15, -0.1) is 11.3 Å². The van der Waals surface area contributed by atoms with E-state index in [0.29, 0.717) is 0 Å². The van der Waals surface area contributed by atoms with Gasteiger partial charge in [0.25, 0.3) is 0 Å². The number of nitrogens with zero attached hydrogens (tertiary/aromatic N) is 1. The minimum Gasteiger partial charge on any atom is -0.309 e. The van der Waals surface area contributed by atoms with Crippen LogP contribution in [0.4, 0.5) is 0 Å². The third kappa shape index (κ3) is 2.90. The standard InChI is InChI=1S/C30H18BrNS/c31-20-16-19(22-11-7-12-26-25-10-3-6-15-29(25)33-30(22)26)17-21(18-20)32-27-13-4-1-8-23(27)24-9-2-5-14-28(24)32/h1-18H. The first kappa shape index (κ1) is 19.1. The Morgan fingerprint density at radius 2 is 1.21 bits per heavy atom. The molecule has 7 rings (SSSR count). The lowest BCUT2D eigenvalue weighted by Crippen LogP contribution is -1.94. The van der Waals surface area contributed by atoms with Gasteiger partial charge in [-0.1, -0.05) is 88.7 Å². The molecule has 2 heterocycles. The summed E-state index contributed by atoms with van der Waals surface area (Å²) in [4.78, 5) is 0. The van der Waals surface area contributed by atoms with E-state index in [1.807, 2.05) is 11.3 Å². The fourth-order valence-corrected chi connectivity index (χ4v) is 6.75. The summed E-state index contributed by atoms with van der Waals surface area (Å²) in [7, 11) is 0. The topological polar surface area (TPSA) is 4.93 Å². The first-order chi connectivity index (χ1) is 16.3. The fraction of sp³-hybridized carbons (Fsp3) is 0. The molecule has 0 unspecified atom stereocenters. The summed E-state index contributed by atoms with van der Waals surface area (Å²) in [6, 6.07) is 39.4. The van der Waals surface area contributed by atoms with Crippen molar-refractivity contribution >= 4 is 69.2 Å². The van der Waals surface area contributed by atoms with Crippen LogP contribution >= 0.6 is 27.3 Å². The number of fused-ring (bicyclic) bond motifs is 6. The Hall–Kier alpha value is -3.40. The van der Waals surface area contributed by atoms with Crippen molar-refractivity contribution in [2.24, 2.45) is 0 Å². The van der Waals surface area contributed by atoms with Crippen molar-refractivity contribution in [3.8, 4) is 16.8 Å². The van der Waals surface area contributed by atoms with Crippen LogP contribution in [0.5, 0.6) is 0 Å². The smallest absolute Gasteiger partial charge is 0.0541 e. The van der Waals surface area contributed by atoms with Gasteiger partial charge in [-0.2, -0.15) is 0 Å². The van der Waals surface area contributed by atoms with Gasteiger partial charge in [0.15, 0.2) is 0 Å². The summed E-state index contributed by atoms with van der Waals surface area (Å²) in [5, 5.41) is 5.21. The number of para-hydroxylation sites is 2. The average Bonchev–Trinajstić information content (AvgIpc) is 3.39. The van der Waals surface area contributed by atoms with Gasteiger partial charge in [0, 0.05) is 41.1 Å². The Labute approximate surface area is 203 Å². The molecule has 0 saturated carbocycles. The lowest BCUT2D eigenvalue weighted by atomic mass is 10.0. The van der Waals surface area contributed by atoms with Crippen LogP contribution in [0.3, 0.4) is 0 Å². The van der Waals surface area contributed by atoms with E-state index in [9.17, 15) is 0 Å². The van der Waals surface area contributed by atoms with E-state index >= 15 is 0 Å². The van der Waals surface area contributed by atoms with E-state index in [1.165, 1.54) is 53.1 Å². The zero-order valence-electron chi connectivity index (χ0n) is 17.6. The highest BCUT2D eigenvalue weighted by molar-refractivity contribution is 9.10. The van der Waals surface area contributed by atoms with Gasteiger partial charge in [-0.25, -0.2) is 0 Å². The SMILES string of the molecule is Brc1cc(-c2cccc3c2sc2ccccc23)cc(-n2c3ccccc3c3ccccc32)c1. The van der Waals surface area contributed by atoms with E-state index in [1.54, 1.807) is 0 Å². The van der Waals surface area contributed by atoms with E-state index in [2.05, 4.69) is 130 Å². The minimum absolute atomic E-state index is 1.08. The minimum atomic E-state index is 1.08. The summed E-state index contributed by atoms with van der Waals surface area (Å²) in [6.45, 7) is 0. The quantitative estimate of drug-likeness (QED) is 0.221. The second-order valence-corrected chi connectivity index (χ2v) is 10.3. The highest BCUT2D eigenvalue weighted by atomic mass is 79.9. The van der Waals surface area contributed by atoms with Gasteiger partial charge in [0.1, 0.15) is 0 Å². The molecule has 3 heteroatoms. The first-order valence-corrected chi connectivity index (χ1v) is 12.6. The summed E-state index contributed by atoms with van der Waals surface area (Å²) in [5.74, 6) is 0. The maximum absolute atomic E-state index is 3.81. The molecule has 33 heavy (non-hydrogen) atoms. The van der Waals surface area contributed by atoms with Crippen molar-refractivity contribution in [2.45, 2.75) is 0 Å². The highest BCUT2D eigenvalue weighted by Gasteiger charge is 2.15. The molecule has 0 bridgehead atoms. The van der Waals surface area contributed by atoms with Gasteiger partial charge >= 0.3 is 0 Å². The Balaban J connectivity index is 1.53. The maximum atomic E-state index is 3.81. The van der Waals surface area contributed by atoms with Crippen molar-refractivity contribution < 1.29 is 0 Å². The van der Waals surface area contributed by atoms with Crippen molar-refractivity contribution in [3.63, 3.8) is 0 Å². The van der Waals surface area contributed by atoms with Gasteiger partial charge in [-0.3, -0.25) is 0 Å². The van der Waals surface area contributed by atoms with Gasteiger partial charge < -0.3 is 4.57 Å². The molecular formula is C30H18BrNS. The zero-order chi connectivity index (χ0) is 21.9. The molecule has 2 aromatic heterocycles. The lowest BCUT2D eigenvalue weighted by Gasteiger charge is -2.12. The van der Waals surface area contributed by atoms with Crippen molar-refractivity contribution in [2.75, 3.05) is 0 Å². The monoisotopic (exact) mass is 503 g/mol. The number of aromatic nitrogens is 1. The molecule has 1 nitrogen and oxygen atoms in total. The molecular weight excluding hydrogens is 486 g/mol. The largest absolute Gasteiger partial charge is 0.309 e. The van der Waals surface area contributed by atoms with Crippen molar-refractivity contribution in [1.29, 1.82) is 0 Å². The number of hydrogen-bond donors (Lipinski definition) is 0. The van der Waals surface area contributed by atoms with Crippen LogP contribution in [0.2, 0.25) is 0 Å². The predicted molar refractivity (Wildman–Crippen MR) is 147 cm³/mol. The molecule has 0 amide bonds. The molecule has 0 radical (unpaired) electrons. The highest BCUT2D eigenvalue weighted by Crippen LogP contribution is 2.41. The number of rotatable bonds is 2. The number of hydrogen-bond acceptors (Lipinski definition) is 1. The molecule has 7 aromatic rings. The second-order valence-electron chi connectivity index (χ2n) is 8.35. The Kier molecular flexibility index (Phi) is 4.23. The predicted octanol–water partition coefficient (Wildman–Crippen LogP) is 9.58. The molecule has 156 valence electrons. The van der Waals surface area contributed by atoms with E-state index < -0.39 is 0 Å². The van der Waals surface area contributed by atoms with Gasteiger partial charge in [-0.05, 0) is 47.5 Å². The molecule has 0 N–H and O–H groups in total. The summed E-state index contributed by atoms with van der Waals surface area (Å²) in [6.07, 6.45) is 0. The Morgan fingerprint density at radius 3 is 1.97 bits per heavy atom. The second kappa shape index (κ2) is 7.31. The van der Waals surface area contributed by atoms with Crippen LogP contribution in [0.25, 0.3) is 58.8 Å². The normalized spacial score (nSPS) is 11.8. The first-order valence-electron chi connectivity index (χ1n) is 11.0. The van der Waals surface area contributed by atoms with Crippen LogP contribution < -0.4 is 0 Å².